The van der Waals surface area contributed by atoms with Crippen LogP contribution in [0.15, 0.2) is 34.3 Å². The monoisotopic (exact) mass is 517 g/mol. The molecule has 11 heteroatoms. The molecule has 9 nitrogen and oxygen atoms in total. The number of carboxylic acid groups (broad SMARTS) is 1. The molecule has 0 saturated heterocycles. The number of aryl methyl sites for hydroxylation is 1. The number of unbranched alkanes of at least 4 members (excludes halogenated alkanes) is 2. The van der Waals surface area contributed by atoms with Gasteiger partial charge in [0.05, 0.1) is 23.6 Å². The molecule has 1 fully saturated rings. The highest BCUT2D eigenvalue weighted by Crippen LogP contribution is 2.43. The molecule has 2 aromatic heterocycles. The number of hydrogen-bond acceptors (Lipinski definition) is 6. The summed E-state index contributed by atoms with van der Waals surface area (Å²) < 4.78 is 50.7. The van der Waals surface area contributed by atoms with Crippen LogP contribution in [0.5, 0.6) is 5.75 Å². The van der Waals surface area contributed by atoms with E-state index >= 15 is 4.39 Å². The zero-order chi connectivity index (χ0) is 26.2. The normalized spacial score (nSPS) is 13.8. The number of fused-ring (bicyclic) bond motifs is 1. The van der Waals surface area contributed by atoms with Crippen molar-refractivity contribution < 1.29 is 27.4 Å². The third-order valence-corrected chi connectivity index (χ3v) is 7.76. The molecule has 0 spiro atoms. The molecule has 4 rings (SSSR count). The minimum absolute atomic E-state index is 0.0114. The SMILES string of the molecule is CCCCCNS(=O)(=O)c1ncc(-c2c(F)cc3c(=O)c(C(=O)O)cn(C4CC4)c3c2OC)cc1C. The third kappa shape index (κ3) is 4.72. The lowest BCUT2D eigenvalue weighted by molar-refractivity contribution is 0.0694. The Morgan fingerprint density at radius 2 is 2.03 bits per heavy atom. The van der Waals surface area contributed by atoms with Crippen LogP contribution in [0.4, 0.5) is 4.39 Å². The second-order valence-corrected chi connectivity index (χ2v) is 10.6. The molecule has 3 aromatic rings. The number of methoxy groups -OCH3 is 1. The molecule has 0 unspecified atom stereocenters. The van der Waals surface area contributed by atoms with Crippen LogP contribution in [0, 0.1) is 12.7 Å². The fourth-order valence-corrected chi connectivity index (χ4v) is 5.57. The molecule has 36 heavy (non-hydrogen) atoms. The van der Waals surface area contributed by atoms with Crippen molar-refractivity contribution in [2.75, 3.05) is 13.7 Å². The first-order valence-corrected chi connectivity index (χ1v) is 13.2. The number of carbonyl (C=O) groups is 1. The molecular weight excluding hydrogens is 489 g/mol. The number of aromatic nitrogens is 2. The average molecular weight is 518 g/mol. The van der Waals surface area contributed by atoms with Gasteiger partial charge in [0.15, 0.2) is 10.8 Å². The van der Waals surface area contributed by atoms with Crippen molar-refractivity contribution in [2.24, 2.45) is 0 Å². The van der Waals surface area contributed by atoms with E-state index in [9.17, 15) is 23.1 Å². The summed E-state index contributed by atoms with van der Waals surface area (Å²) in [6, 6.07) is 2.48. The van der Waals surface area contributed by atoms with Crippen molar-refractivity contribution in [2.45, 2.75) is 57.0 Å². The summed E-state index contributed by atoms with van der Waals surface area (Å²) in [6.07, 6.45) is 6.66. The Balaban J connectivity index is 1.87. The minimum Gasteiger partial charge on any atom is -0.494 e. The smallest absolute Gasteiger partial charge is 0.341 e. The highest BCUT2D eigenvalue weighted by atomic mass is 32.2. The lowest BCUT2D eigenvalue weighted by Crippen LogP contribution is -2.26. The number of nitrogens with one attached hydrogen (secondary N) is 1. The molecule has 2 N–H and O–H groups in total. The third-order valence-electron chi connectivity index (χ3n) is 6.24. The van der Waals surface area contributed by atoms with Gasteiger partial charge in [0.25, 0.3) is 10.0 Å². The van der Waals surface area contributed by atoms with Crippen LogP contribution in [0.2, 0.25) is 0 Å². The van der Waals surface area contributed by atoms with Crippen molar-refractivity contribution in [3.8, 4) is 16.9 Å². The van der Waals surface area contributed by atoms with E-state index < -0.39 is 32.8 Å². The molecular formula is C25H28FN3O6S. The maximum atomic E-state index is 15.5. The molecule has 192 valence electrons. The first-order valence-electron chi connectivity index (χ1n) is 11.8. The van der Waals surface area contributed by atoms with E-state index in [1.54, 1.807) is 11.5 Å². The van der Waals surface area contributed by atoms with Crippen LogP contribution in [0.3, 0.4) is 0 Å². The molecule has 1 saturated carbocycles. The average Bonchev–Trinajstić information content (AvgIpc) is 3.66. The second kappa shape index (κ2) is 9.98. The topological polar surface area (TPSA) is 128 Å². The van der Waals surface area contributed by atoms with Crippen molar-refractivity contribution in [3.63, 3.8) is 0 Å². The molecule has 0 aliphatic heterocycles. The number of rotatable bonds is 10. The Labute approximate surface area is 208 Å². The number of ether oxygens (including phenoxy) is 1. The first kappa shape index (κ1) is 25.8. The van der Waals surface area contributed by atoms with Gasteiger partial charge in [-0.05, 0) is 43.9 Å². The number of aromatic carboxylic acids is 1. The van der Waals surface area contributed by atoms with Crippen molar-refractivity contribution >= 4 is 26.9 Å². The van der Waals surface area contributed by atoms with Crippen LogP contribution in [-0.2, 0) is 10.0 Å². The standard InChI is InChI=1S/C25H28FN3O6S/c1-4-5-6-9-28-36(33,34)24-14(2)10-15(12-27-24)20-19(26)11-17-21(23(20)35-3)29(16-7-8-16)13-18(22(17)30)25(31)32/h10-13,16,28H,4-9H2,1-3H3,(H,31,32). The van der Waals surface area contributed by atoms with Gasteiger partial charge in [-0.15, -0.1) is 0 Å². The Hall–Kier alpha value is -3.31. The number of halogens is 1. The van der Waals surface area contributed by atoms with Crippen LogP contribution in [-0.4, -0.2) is 42.7 Å². The summed E-state index contributed by atoms with van der Waals surface area (Å²) in [5.41, 5.74) is -0.357. The lowest BCUT2D eigenvalue weighted by atomic mass is 10.00. The van der Waals surface area contributed by atoms with Gasteiger partial charge in [-0.3, -0.25) is 4.79 Å². The van der Waals surface area contributed by atoms with Crippen LogP contribution < -0.4 is 14.9 Å². The molecule has 0 bridgehead atoms. The van der Waals surface area contributed by atoms with Gasteiger partial charge in [-0.2, -0.15) is 0 Å². The van der Waals surface area contributed by atoms with E-state index in [0.29, 0.717) is 24.0 Å². The minimum atomic E-state index is -3.85. The van der Waals surface area contributed by atoms with E-state index in [4.69, 9.17) is 4.74 Å². The summed E-state index contributed by atoms with van der Waals surface area (Å²) in [6.45, 7) is 3.89. The second-order valence-electron chi connectivity index (χ2n) is 8.93. The maximum absolute atomic E-state index is 15.5. The summed E-state index contributed by atoms with van der Waals surface area (Å²) in [7, 11) is -2.51. The summed E-state index contributed by atoms with van der Waals surface area (Å²) >= 11 is 0. The van der Waals surface area contributed by atoms with Gasteiger partial charge in [0, 0.05) is 30.5 Å². The van der Waals surface area contributed by atoms with E-state index in [0.717, 1.165) is 31.7 Å². The Kier molecular flexibility index (Phi) is 7.14. The lowest BCUT2D eigenvalue weighted by Gasteiger charge is -2.19. The van der Waals surface area contributed by atoms with E-state index in [1.165, 1.54) is 25.6 Å². The Bertz CT molecular complexity index is 1510. The van der Waals surface area contributed by atoms with Gasteiger partial charge in [0.2, 0.25) is 5.43 Å². The fraction of sp³-hybridized carbons (Fsp3) is 0.400. The molecule has 2 heterocycles. The first-order chi connectivity index (χ1) is 17.1. The van der Waals surface area contributed by atoms with Gasteiger partial charge < -0.3 is 14.4 Å². The quantitative estimate of drug-likeness (QED) is 0.389. The van der Waals surface area contributed by atoms with Crippen LogP contribution in [0.25, 0.3) is 22.0 Å². The van der Waals surface area contributed by atoms with Crippen molar-refractivity contribution in [3.05, 3.63) is 51.7 Å². The van der Waals surface area contributed by atoms with Crippen LogP contribution in [0.1, 0.15) is 61.0 Å². The number of pyridine rings is 2. The van der Waals surface area contributed by atoms with E-state index in [1.807, 2.05) is 6.92 Å². The van der Waals surface area contributed by atoms with Crippen molar-refractivity contribution in [1.82, 2.24) is 14.3 Å². The number of sulfonamides is 1. The zero-order valence-electron chi connectivity index (χ0n) is 20.3. The maximum Gasteiger partial charge on any atom is 0.341 e. The predicted octanol–water partition coefficient (Wildman–Crippen LogP) is 4.02. The van der Waals surface area contributed by atoms with Crippen LogP contribution >= 0.6 is 0 Å². The van der Waals surface area contributed by atoms with Gasteiger partial charge in [-0.25, -0.2) is 27.3 Å². The predicted molar refractivity (Wildman–Crippen MR) is 133 cm³/mol. The largest absolute Gasteiger partial charge is 0.494 e. The number of carboxylic acids is 1. The molecule has 1 aliphatic carbocycles. The zero-order valence-corrected chi connectivity index (χ0v) is 21.1. The number of hydrogen-bond donors (Lipinski definition) is 2. The Morgan fingerprint density at radius 3 is 2.61 bits per heavy atom. The highest BCUT2D eigenvalue weighted by Gasteiger charge is 2.30. The van der Waals surface area contributed by atoms with Gasteiger partial charge in [0.1, 0.15) is 11.4 Å². The summed E-state index contributed by atoms with van der Waals surface area (Å²) in [5.74, 6) is -2.14. The highest BCUT2D eigenvalue weighted by molar-refractivity contribution is 7.89. The fourth-order valence-electron chi connectivity index (χ4n) is 4.34. The van der Waals surface area contributed by atoms with Gasteiger partial charge >= 0.3 is 5.97 Å². The summed E-state index contributed by atoms with van der Waals surface area (Å²) in [5, 5.41) is 9.24. The molecule has 0 atom stereocenters. The molecule has 1 aliphatic rings. The molecule has 0 amide bonds. The summed E-state index contributed by atoms with van der Waals surface area (Å²) in [4.78, 5) is 28.6. The van der Waals surface area contributed by atoms with E-state index in [-0.39, 0.29) is 33.3 Å². The van der Waals surface area contributed by atoms with E-state index in [2.05, 4.69) is 9.71 Å². The van der Waals surface area contributed by atoms with Crippen molar-refractivity contribution in [1.29, 1.82) is 0 Å². The Morgan fingerprint density at radius 1 is 1.31 bits per heavy atom. The van der Waals surface area contributed by atoms with Gasteiger partial charge in [-0.1, -0.05) is 19.8 Å². The number of benzene rings is 1. The molecule has 0 radical (unpaired) electrons. The molecule has 1 aromatic carbocycles. The number of nitrogens with zero attached hydrogens (tertiary/aromatic N) is 2.